The van der Waals surface area contributed by atoms with Crippen LogP contribution in [0.25, 0.3) is 10.9 Å². The number of piperazine rings is 1. The number of carbonyl (C=O) groups is 1. The number of aryl methyl sites for hydroxylation is 1. The molecule has 3 aromatic heterocycles. The lowest BCUT2D eigenvalue weighted by Gasteiger charge is -2.40. The van der Waals surface area contributed by atoms with Gasteiger partial charge in [-0.15, -0.1) is 0 Å². The molecule has 4 aromatic rings. The van der Waals surface area contributed by atoms with Gasteiger partial charge >= 0.3 is 11.7 Å². The molecule has 1 aromatic carbocycles. The predicted octanol–water partition coefficient (Wildman–Crippen LogP) is 1.67. The smallest absolute Gasteiger partial charge is 0.436 e. The van der Waals surface area contributed by atoms with E-state index in [-0.39, 0.29) is 43.0 Å². The number of hydrogen-bond acceptors (Lipinski definition) is 9. The maximum Gasteiger partial charge on any atom is 0.438 e. The summed E-state index contributed by atoms with van der Waals surface area (Å²) in [7, 11) is -3.91. The molecule has 0 bridgehead atoms. The van der Waals surface area contributed by atoms with Gasteiger partial charge in [0, 0.05) is 60.5 Å². The molecule has 1 saturated heterocycles. The average Bonchev–Trinajstić information content (AvgIpc) is 3.64. The van der Waals surface area contributed by atoms with Crippen molar-refractivity contribution in [1.82, 2.24) is 34.6 Å². The van der Waals surface area contributed by atoms with Crippen molar-refractivity contribution in [2.75, 3.05) is 19.6 Å². The average molecular weight is 576 g/mol. The van der Waals surface area contributed by atoms with Crippen LogP contribution in [-0.4, -0.2) is 75.4 Å². The number of aromatic nitrogens is 4. The van der Waals surface area contributed by atoms with Gasteiger partial charge in [-0.3, -0.25) is 14.3 Å². The van der Waals surface area contributed by atoms with Gasteiger partial charge in [0.05, 0.1) is 12.2 Å². The fourth-order valence-electron chi connectivity index (χ4n) is 5.11. The first-order valence-corrected chi connectivity index (χ1v) is 14.4. The molecule has 1 fully saturated rings. The van der Waals surface area contributed by atoms with Crippen molar-refractivity contribution >= 4 is 38.4 Å². The van der Waals surface area contributed by atoms with Gasteiger partial charge in [-0.2, -0.15) is 4.31 Å². The van der Waals surface area contributed by atoms with E-state index in [1.165, 1.54) is 4.31 Å². The van der Waals surface area contributed by atoms with E-state index in [1.54, 1.807) is 29.2 Å². The quantitative estimate of drug-likeness (QED) is 0.309. The SMILES string of the molecule is CC1Cc2nc(C(=O)N3CCN(S(=O)(=O)c4cc5cc(Cl)ccc5[nH]4)CC3CCc3noc(=O)[nH]3)oc2CN1. The molecule has 15 heteroatoms. The molecule has 0 aliphatic carbocycles. The number of oxazole rings is 1. The fraction of sp³-hybridized carbons (Fsp3) is 0.417. The van der Waals surface area contributed by atoms with E-state index in [0.717, 1.165) is 5.69 Å². The highest BCUT2D eigenvalue weighted by molar-refractivity contribution is 7.89. The molecule has 0 radical (unpaired) electrons. The zero-order valence-electron chi connectivity index (χ0n) is 20.9. The molecule has 2 unspecified atom stereocenters. The zero-order valence-corrected chi connectivity index (χ0v) is 22.5. The van der Waals surface area contributed by atoms with Crippen LogP contribution in [-0.2, 0) is 29.4 Å². The minimum atomic E-state index is -3.91. The molecule has 0 spiro atoms. The van der Waals surface area contributed by atoms with Gasteiger partial charge in [0.2, 0.25) is 0 Å². The second-order valence-corrected chi connectivity index (χ2v) is 12.2. The molecule has 39 heavy (non-hydrogen) atoms. The number of carbonyl (C=O) groups excluding carboxylic acids is 1. The molecule has 1 amide bonds. The third-order valence-electron chi connectivity index (χ3n) is 7.15. The Morgan fingerprint density at radius 1 is 1.23 bits per heavy atom. The third kappa shape index (κ3) is 5.00. The minimum Gasteiger partial charge on any atom is -0.436 e. The van der Waals surface area contributed by atoms with Gasteiger partial charge in [0.25, 0.3) is 15.9 Å². The predicted molar refractivity (Wildman–Crippen MR) is 139 cm³/mol. The number of halogens is 1. The van der Waals surface area contributed by atoms with Crippen molar-refractivity contribution in [3.05, 3.63) is 63.0 Å². The molecule has 5 heterocycles. The molecule has 206 valence electrons. The van der Waals surface area contributed by atoms with Gasteiger partial charge < -0.3 is 19.6 Å². The highest BCUT2D eigenvalue weighted by atomic mass is 35.5. The molecule has 0 saturated carbocycles. The lowest BCUT2D eigenvalue weighted by molar-refractivity contribution is 0.0509. The van der Waals surface area contributed by atoms with Crippen molar-refractivity contribution in [2.45, 2.75) is 49.8 Å². The number of hydrogen-bond donors (Lipinski definition) is 3. The number of benzene rings is 1. The van der Waals surface area contributed by atoms with E-state index in [0.29, 0.717) is 46.9 Å². The van der Waals surface area contributed by atoms with Crippen LogP contribution in [0, 0.1) is 0 Å². The highest BCUT2D eigenvalue weighted by Crippen LogP contribution is 2.28. The van der Waals surface area contributed by atoms with Crippen LogP contribution in [0.4, 0.5) is 0 Å². The molecule has 2 aliphatic heterocycles. The van der Waals surface area contributed by atoms with Crippen LogP contribution < -0.4 is 11.1 Å². The minimum absolute atomic E-state index is 0.0143. The Balaban J connectivity index is 1.27. The van der Waals surface area contributed by atoms with Crippen LogP contribution >= 0.6 is 11.6 Å². The van der Waals surface area contributed by atoms with Crippen LogP contribution in [0.1, 0.15) is 41.3 Å². The van der Waals surface area contributed by atoms with E-state index in [9.17, 15) is 18.0 Å². The Labute approximate surface area is 227 Å². The Bertz CT molecular complexity index is 1710. The van der Waals surface area contributed by atoms with Crippen molar-refractivity contribution in [3.8, 4) is 0 Å². The maximum absolute atomic E-state index is 13.6. The first-order chi connectivity index (χ1) is 18.7. The highest BCUT2D eigenvalue weighted by Gasteiger charge is 2.39. The van der Waals surface area contributed by atoms with Crippen molar-refractivity contribution in [3.63, 3.8) is 0 Å². The largest absolute Gasteiger partial charge is 0.438 e. The second kappa shape index (κ2) is 9.93. The van der Waals surface area contributed by atoms with Crippen molar-refractivity contribution < 1.29 is 22.2 Å². The monoisotopic (exact) mass is 575 g/mol. The summed E-state index contributed by atoms with van der Waals surface area (Å²) in [6, 6.07) is 6.33. The number of fused-ring (bicyclic) bond motifs is 2. The zero-order chi connectivity index (χ0) is 27.3. The number of H-pyrrole nitrogens is 2. The first-order valence-electron chi connectivity index (χ1n) is 12.5. The van der Waals surface area contributed by atoms with Crippen LogP contribution in [0.15, 0.2) is 43.0 Å². The van der Waals surface area contributed by atoms with Crippen molar-refractivity contribution in [1.29, 1.82) is 0 Å². The van der Waals surface area contributed by atoms with Gasteiger partial charge in [0.1, 0.15) is 10.8 Å². The summed E-state index contributed by atoms with van der Waals surface area (Å²) >= 11 is 6.07. The number of rotatable bonds is 6. The van der Waals surface area contributed by atoms with E-state index < -0.39 is 27.7 Å². The number of aromatic amines is 2. The molecule has 13 nitrogen and oxygen atoms in total. The Kier molecular flexibility index (Phi) is 6.57. The Hall–Kier alpha value is -3.46. The van der Waals surface area contributed by atoms with Crippen LogP contribution in [0.2, 0.25) is 5.02 Å². The topological polar surface area (TPSA) is 170 Å². The van der Waals surface area contributed by atoms with Crippen LogP contribution in [0.5, 0.6) is 0 Å². The first kappa shape index (κ1) is 25.8. The number of sulfonamides is 1. The standard InChI is InChI=1S/C24H26ClN7O6S/c1-13-8-18-19(11-26-13)37-22(28-18)23(33)32-7-6-31(12-16(32)3-5-20-29-24(34)38-30-20)39(35,36)21-10-14-9-15(25)2-4-17(14)27-21/h2,4,9-10,13,16,26-27H,3,5-8,11-12H2,1H3,(H,29,30,34). The summed E-state index contributed by atoms with van der Waals surface area (Å²) in [4.78, 5) is 36.5. The summed E-state index contributed by atoms with van der Waals surface area (Å²) in [5, 5.41) is 8.20. The maximum atomic E-state index is 13.6. The van der Waals surface area contributed by atoms with E-state index in [4.69, 9.17) is 16.0 Å². The normalized spacial score (nSPS) is 20.4. The lowest BCUT2D eigenvalue weighted by atomic mass is 10.1. The van der Waals surface area contributed by atoms with Gasteiger partial charge in [-0.1, -0.05) is 16.8 Å². The molecule has 3 N–H and O–H groups in total. The van der Waals surface area contributed by atoms with Gasteiger partial charge in [-0.05, 0) is 37.6 Å². The fourth-order valence-corrected chi connectivity index (χ4v) is 6.77. The summed E-state index contributed by atoms with van der Waals surface area (Å²) in [6.45, 7) is 2.77. The second-order valence-electron chi connectivity index (χ2n) is 9.84. The number of nitrogens with one attached hydrogen (secondary N) is 3. The third-order valence-corrected chi connectivity index (χ3v) is 9.18. The summed E-state index contributed by atoms with van der Waals surface area (Å²) in [6.07, 6.45) is 1.24. The summed E-state index contributed by atoms with van der Waals surface area (Å²) < 4.78 is 39.0. The number of nitrogens with zero attached hydrogens (tertiary/aromatic N) is 4. The molecular weight excluding hydrogens is 550 g/mol. The van der Waals surface area contributed by atoms with Crippen molar-refractivity contribution in [2.24, 2.45) is 0 Å². The molecule has 2 aliphatic rings. The molecule has 6 rings (SSSR count). The lowest BCUT2D eigenvalue weighted by Crippen LogP contribution is -2.56. The Morgan fingerprint density at radius 2 is 2.08 bits per heavy atom. The van der Waals surface area contributed by atoms with E-state index >= 15 is 0 Å². The molecule has 2 atom stereocenters. The van der Waals surface area contributed by atoms with Gasteiger partial charge in [0.15, 0.2) is 5.82 Å². The summed E-state index contributed by atoms with van der Waals surface area (Å²) in [5.41, 5.74) is 1.40. The van der Waals surface area contributed by atoms with E-state index in [2.05, 4.69) is 29.9 Å². The van der Waals surface area contributed by atoms with Crippen LogP contribution in [0.3, 0.4) is 0 Å². The number of amides is 1. The van der Waals surface area contributed by atoms with E-state index in [1.807, 2.05) is 6.92 Å². The van der Waals surface area contributed by atoms with Gasteiger partial charge in [-0.25, -0.2) is 18.2 Å². The Morgan fingerprint density at radius 3 is 2.87 bits per heavy atom. The summed E-state index contributed by atoms with van der Waals surface area (Å²) in [5.74, 6) is -0.162. The molecular formula is C24H26ClN7O6S.